The predicted molar refractivity (Wildman–Crippen MR) is 73.8 cm³/mol. The zero-order chi connectivity index (χ0) is 15.6. The van der Waals surface area contributed by atoms with Gasteiger partial charge in [-0.2, -0.15) is 13.2 Å². The molecular formula is C13H12F3N5. The van der Waals surface area contributed by atoms with Crippen molar-refractivity contribution in [3.05, 3.63) is 41.2 Å². The fourth-order valence-electron chi connectivity index (χ4n) is 1.78. The summed E-state index contributed by atoms with van der Waals surface area (Å²) in [5.74, 6) is 0.00852. The number of hydrogen-bond donors (Lipinski definition) is 3. The Hall–Kier alpha value is -2.64. The number of anilines is 3. The first-order valence-electron chi connectivity index (χ1n) is 5.89. The Morgan fingerprint density at radius 3 is 2.62 bits per heavy atom. The molecule has 0 bridgehead atoms. The Balaban J connectivity index is 2.36. The molecule has 0 atom stereocenters. The maximum Gasteiger partial charge on any atom is 0.419 e. The molecule has 0 saturated heterocycles. The molecule has 0 amide bonds. The van der Waals surface area contributed by atoms with E-state index in [1.807, 2.05) is 0 Å². The summed E-state index contributed by atoms with van der Waals surface area (Å²) < 4.78 is 37.9. The lowest BCUT2D eigenvalue weighted by Gasteiger charge is -2.12. The number of nitrogens with zero attached hydrogens (tertiary/aromatic N) is 2. The summed E-state index contributed by atoms with van der Waals surface area (Å²) in [5, 5.41) is 10.1. The Morgan fingerprint density at radius 2 is 2.05 bits per heavy atom. The molecule has 1 aromatic carbocycles. The van der Waals surface area contributed by atoms with Crippen molar-refractivity contribution in [1.29, 1.82) is 5.41 Å². The van der Waals surface area contributed by atoms with Crippen LogP contribution in [0.2, 0.25) is 0 Å². The molecule has 1 heterocycles. The second kappa shape index (κ2) is 5.39. The normalized spacial score (nSPS) is 11.2. The van der Waals surface area contributed by atoms with Crippen molar-refractivity contribution in [3.63, 3.8) is 0 Å². The molecule has 0 aliphatic rings. The molecule has 21 heavy (non-hydrogen) atoms. The summed E-state index contributed by atoms with van der Waals surface area (Å²) in [6.45, 7) is 1.26. The fourth-order valence-corrected chi connectivity index (χ4v) is 1.78. The molecule has 2 aromatic rings. The molecule has 110 valence electrons. The van der Waals surface area contributed by atoms with E-state index in [0.717, 1.165) is 12.4 Å². The van der Waals surface area contributed by atoms with Crippen molar-refractivity contribution in [1.82, 2.24) is 9.97 Å². The SMILES string of the molecule is Cc1nc(Nc2cccc(N)c2C=N)ncc1C(F)(F)F. The number of hydrogen-bond acceptors (Lipinski definition) is 5. The number of nitrogens with two attached hydrogens (primary N) is 1. The number of aromatic nitrogens is 2. The number of halogens is 3. The quantitative estimate of drug-likeness (QED) is 0.599. The molecule has 4 N–H and O–H groups in total. The third-order valence-electron chi connectivity index (χ3n) is 2.82. The van der Waals surface area contributed by atoms with Crippen LogP contribution in [0.15, 0.2) is 24.4 Å². The van der Waals surface area contributed by atoms with E-state index in [9.17, 15) is 13.2 Å². The lowest BCUT2D eigenvalue weighted by Crippen LogP contribution is -2.11. The van der Waals surface area contributed by atoms with Gasteiger partial charge >= 0.3 is 6.18 Å². The van der Waals surface area contributed by atoms with E-state index in [-0.39, 0.29) is 11.6 Å². The number of benzene rings is 1. The highest BCUT2D eigenvalue weighted by atomic mass is 19.4. The van der Waals surface area contributed by atoms with Crippen LogP contribution in [0.5, 0.6) is 0 Å². The summed E-state index contributed by atoms with van der Waals surface area (Å²) >= 11 is 0. The van der Waals surface area contributed by atoms with Gasteiger partial charge in [0, 0.05) is 23.7 Å². The molecule has 0 radical (unpaired) electrons. The van der Waals surface area contributed by atoms with Crippen molar-refractivity contribution in [3.8, 4) is 0 Å². The van der Waals surface area contributed by atoms with Crippen molar-refractivity contribution in [2.24, 2.45) is 0 Å². The van der Waals surface area contributed by atoms with E-state index in [2.05, 4.69) is 15.3 Å². The summed E-state index contributed by atoms with van der Waals surface area (Å²) in [5.41, 5.74) is 5.89. The van der Waals surface area contributed by atoms with Gasteiger partial charge in [0.15, 0.2) is 0 Å². The predicted octanol–water partition coefficient (Wildman–Crippen LogP) is 3.13. The smallest absolute Gasteiger partial charge is 0.398 e. The standard InChI is InChI=1S/C13H12F3N5/c1-7-9(13(14,15)16)6-19-12(20-7)21-11-4-2-3-10(18)8(11)5-17/h2-6,17H,18H2,1H3,(H,19,20,21). The monoisotopic (exact) mass is 295 g/mol. The number of nitrogens with one attached hydrogen (secondary N) is 2. The molecule has 8 heteroatoms. The van der Waals surface area contributed by atoms with E-state index < -0.39 is 11.7 Å². The molecule has 0 aliphatic carbocycles. The third kappa shape index (κ3) is 3.10. The van der Waals surface area contributed by atoms with Gasteiger partial charge in [-0.1, -0.05) is 6.07 Å². The zero-order valence-corrected chi connectivity index (χ0v) is 11.0. The molecule has 2 rings (SSSR count). The van der Waals surface area contributed by atoms with E-state index in [1.54, 1.807) is 18.2 Å². The highest BCUT2D eigenvalue weighted by Gasteiger charge is 2.33. The van der Waals surface area contributed by atoms with Gasteiger partial charge < -0.3 is 16.5 Å². The Bertz CT molecular complexity index is 682. The molecular weight excluding hydrogens is 283 g/mol. The lowest BCUT2D eigenvalue weighted by atomic mass is 10.1. The second-order valence-corrected chi connectivity index (χ2v) is 4.27. The number of alkyl halides is 3. The van der Waals surface area contributed by atoms with Crippen LogP contribution in [0.4, 0.5) is 30.5 Å². The number of nitrogen functional groups attached to an aromatic ring is 1. The van der Waals surface area contributed by atoms with Crippen molar-refractivity contribution in [2.45, 2.75) is 13.1 Å². The van der Waals surface area contributed by atoms with Crippen LogP contribution in [0.1, 0.15) is 16.8 Å². The van der Waals surface area contributed by atoms with Crippen LogP contribution >= 0.6 is 0 Å². The van der Waals surface area contributed by atoms with Gasteiger partial charge in [-0.15, -0.1) is 0 Å². The Labute approximate surface area is 118 Å². The average molecular weight is 295 g/mol. The molecule has 1 aromatic heterocycles. The van der Waals surface area contributed by atoms with Gasteiger partial charge in [0.2, 0.25) is 5.95 Å². The minimum atomic E-state index is -4.49. The fraction of sp³-hybridized carbons (Fsp3) is 0.154. The van der Waals surface area contributed by atoms with Crippen molar-refractivity contribution >= 4 is 23.5 Å². The summed E-state index contributed by atoms with van der Waals surface area (Å²) in [6.07, 6.45) is -2.71. The highest BCUT2D eigenvalue weighted by molar-refractivity contribution is 5.93. The van der Waals surface area contributed by atoms with E-state index in [4.69, 9.17) is 11.1 Å². The van der Waals surface area contributed by atoms with Gasteiger partial charge in [0.1, 0.15) is 0 Å². The van der Waals surface area contributed by atoms with Crippen LogP contribution in [0.25, 0.3) is 0 Å². The molecule has 0 unspecified atom stereocenters. The third-order valence-corrected chi connectivity index (χ3v) is 2.82. The Morgan fingerprint density at radius 1 is 1.33 bits per heavy atom. The Kier molecular flexibility index (Phi) is 3.79. The van der Waals surface area contributed by atoms with Crippen LogP contribution < -0.4 is 11.1 Å². The first-order chi connectivity index (χ1) is 9.82. The maximum absolute atomic E-state index is 12.6. The first kappa shape index (κ1) is 14.8. The van der Waals surface area contributed by atoms with E-state index in [1.165, 1.54) is 6.92 Å². The number of rotatable bonds is 3. The number of aryl methyl sites for hydroxylation is 1. The van der Waals surface area contributed by atoms with Gasteiger partial charge in [0.25, 0.3) is 0 Å². The van der Waals surface area contributed by atoms with Crippen LogP contribution in [-0.4, -0.2) is 16.2 Å². The highest BCUT2D eigenvalue weighted by Crippen LogP contribution is 2.31. The summed E-state index contributed by atoms with van der Waals surface area (Å²) in [7, 11) is 0. The van der Waals surface area contributed by atoms with Crippen molar-refractivity contribution < 1.29 is 13.2 Å². The second-order valence-electron chi connectivity index (χ2n) is 4.27. The van der Waals surface area contributed by atoms with Gasteiger partial charge in [-0.3, -0.25) is 0 Å². The maximum atomic E-state index is 12.6. The first-order valence-corrected chi connectivity index (χ1v) is 5.89. The van der Waals surface area contributed by atoms with Crippen LogP contribution in [0.3, 0.4) is 0 Å². The van der Waals surface area contributed by atoms with Crippen LogP contribution in [0, 0.1) is 12.3 Å². The minimum absolute atomic E-state index is 0.00852. The average Bonchev–Trinajstić information content (AvgIpc) is 2.37. The molecule has 0 aliphatic heterocycles. The van der Waals surface area contributed by atoms with Gasteiger partial charge in [0.05, 0.1) is 16.9 Å². The largest absolute Gasteiger partial charge is 0.419 e. The van der Waals surface area contributed by atoms with Crippen molar-refractivity contribution in [2.75, 3.05) is 11.1 Å². The van der Waals surface area contributed by atoms with E-state index in [0.29, 0.717) is 16.9 Å². The molecule has 0 spiro atoms. The topological polar surface area (TPSA) is 87.7 Å². The molecule has 0 saturated carbocycles. The van der Waals surface area contributed by atoms with Gasteiger partial charge in [-0.25, -0.2) is 9.97 Å². The zero-order valence-electron chi connectivity index (χ0n) is 11.0. The molecule has 5 nitrogen and oxygen atoms in total. The minimum Gasteiger partial charge on any atom is -0.398 e. The summed E-state index contributed by atoms with van der Waals surface area (Å²) in [4.78, 5) is 7.43. The van der Waals surface area contributed by atoms with Gasteiger partial charge in [-0.05, 0) is 19.1 Å². The lowest BCUT2D eigenvalue weighted by molar-refractivity contribution is -0.138. The molecule has 0 fully saturated rings. The summed E-state index contributed by atoms with van der Waals surface area (Å²) in [6, 6.07) is 4.90. The van der Waals surface area contributed by atoms with Crippen LogP contribution in [-0.2, 0) is 6.18 Å². The van der Waals surface area contributed by atoms with E-state index >= 15 is 0 Å².